The Morgan fingerprint density at radius 2 is 2.27 bits per heavy atom. The summed E-state index contributed by atoms with van der Waals surface area (Å²) in [4.78, 5) is 12.7. The van der Waals surface area contributed by atoms with Gasteiger partial charge in [0, 0.05) is 18.0 Å². The topological polar surface area (TPSA) is 91.6 Å². The third kappa shape index (κ3) is 2.01. The van der Waals surface area contributed by atoms with Gasteiger partial charge >= 0.3 is 0 Å². The number of nitrogen functional groups attached to an aromatic ring is 1. The van der Waals surface area contributed by atoms with Gasteiger partial charge in [0.25, 0.3) is 5.56 Å². The van der Waals surface area contributed by atoms with E-state index < -0.39 is 0 Å². The Kier molecular flexibility index (Phi) is 2.20. The highest BCUT2D eigenvalue weighted by molar-refractivity contribution is 5.33. The third-order valence-electron chi connectivity index (χ3n) is 1.87. The van der Waals surface area contributed by atoms with Gasteiger partial charge in [-0.1, -0.05) is 0 Å². The Labute approximate surface area is 85.1 Å². The predicted molar refractivity (Wildman–Crippen MR) is 53.0 cm³/mol. The Balaban J connectivity index is 2.31. The van der Waals surface area contributed by atoms with Crippen molar-refractivity contribution >= 4 is 5.69 Å². The maximum absolute atomic E-state index is 11.4. The van der Waals surface area contributed by atoms with Crippen LogP contribution in [0.15, 0.2) is 23.1 Å². The minimum Gasteiger partial charge on any atom is -0.398 e. The molecule has 7 heteroatoms. The van der Waals surface area contributed by atoms with Crippen LogP contribution in [0.5, 0.6) is 0 Å². The van der Waals surface area contributed by atoms with Crippen LogP contribution in [0.3, 0.4) is 0 Å². The molecule has 0 amide bonds. The number of hydrogen-bond donors (Lipinski definition) is 1. The average molecular weight is 206 g/mol. The first-order valence-corrected chi connectivity index (χ1v) is 4.34. The molecule has 7 nitrogen and oxygen atoms in total. The molecule has 0 fully saturated rings. The molecule has 2 aromatic heterocycles. The summed E-state index contributed by atoms with van der Waals surface area (Å²) in [5.74, 6) is 0.477. The molecule has 0 aliphatic carbocycles. The number of nitrogens with two attached hydrogens (primary N) is 1. The lowest BCUT2D eigenvalue weighted by atomic mass is 10.4. The lowest BCUT2D eigenvalue weighted by Crippen LogP contribution is -2.20. The van der Waals surface area contributed by atoms with Crippen LogP contribution in [0.25, 0.3) is 0 Å². The maximum atomic E-state index is 11.4. The first-order chi connectivity index (χ1) is 7.15. The Hall–Kier alpha value is -2.18. The van der Waals surface area contributed by atoms with Crippen LogP contribution in [-0.4, -0.2) is 24.8 Å². The van der Waals surface area contributed by atoms with E-state index in [4.69, 9.17) is 5.73 Å². The number of rotatable bonds is 2. The first kappa shape index (κ1) is 9.38. The van der Waals surface area contributed by atoms with Crippen molar-refractivity contribution in [3.8, 4) is 0 Å². The zero-order chi connectivity index (χ0) is 10.8. The average Bonchev–Trinajstić information content (AvgIpc) is 2.58. The van der Waals surface area contributed by atoms with Crippen molar-refractivity contribution in [1.29, 1.82) is 0 Å². The molecule has 0 radical (unpaired) electrons. The van der Waals surface area contributed by atoms with Crippen LogP contribution in [0, 0.1) is 0 Å². The van der Waals surface area contributed by atoms with Crippen LogP contribution in [-0.2, 0) is 13.6 Å². The van der Waals surface area contributed by atoms with Gasteiger partial charge in [0.15, 0.2) is 5.82 Å². The van der Waals surface area contributed by atoms with E-state index in [2.05, 4.69) is 15.4 Å². The van der Waals surface area contributed by atoms with Gasteiger partial charge in [0.2, 0.25) is 0 Å². The molecule has 15 heavy (non-hydrogen) atoms. The van der Waals surface area contributed by atoms with Crippen molar-refractivity contribution < 1.29 is 0 Å². The number of nitrogens with zero attached hydrogens (tertiary/aromatic N) is 5. The van der Waals surface area contributed by atoms with Crippen LogP contribution < -0.4 is 11.3 Å². The molecule has 0 aromatic carbocycles. The molecule has 0 saturated heterocycles. The molecule has 0 spiro atoms. The molecule has 0 saturated carbocycles. The standard InChI is InChI=1S/C8H10N6O/c1-13-11-7(10-12-13)5-14-4-6(9)2-3-8(14)15/h2-4H,5,9H2,1H3. The van der Waals surface area contributed by atoms with E-state index in [0.29, 0.717) is 11.5 Å². The van der Waals surface area contributed by atoms with Crippen molar-refractivity contribution in [3.05, 3.63) is 34.5 Å². The van der Waals surface area contributed by atoms with Gasteiger partial charge in [-0.05, 0) is 11.3 Å². The number of aryl methyl sites for hydroxylation is 1. The highest BCUT2D eigenvalue weighted by atomic mass is 16.1. The summed E-state index contributed by atoms with van der Waals surface area (Å²) >= 11 is 0. The van der Waals surface area contributed by atoms with Gasteiger partial charge in [-0.25, -0.2) is 0 Å². The molecule has 0 unspecified atom stereocenters. The molecule has 2 heterocycles. The van der Waals surface area contributed by atoms with Crippen molar-refractivity contribution in [2.75, 3.05) is 5.73 Å². The minimum absolute atomic E-state index is 0.142. The number of hydrogen-bond acceptors (Lipinski definition) is 5. The molecule has 0 aliphatic rings. The van der Waals surface area contributed by atoms with Crippen LogP contribution in [0.4, 0.5) is 5.69 Å². The quantitative estimate of drug-likeness (QED) is 0.680. The highest BCUT2D eigenvalue weighted by Crippen LogP contribution is 1.97. The molecule has 2 aromatic rings. The highest BCUT2D eigenvalue weighted by Gasteiger charge is 2.03. The fraction of sp³-hybridized carbons (Fsp3) is 0.250. The van der Waals surface area contributed by atoms with Crippen LogP contribution in [0.1, 0.15) is 5.82 Å². The van der Waals surface area contributed by atoms with E-state index >= 15 is 0 Å². The van der Waals surface area contributed by atoms with Gasteiger partial charge in [-0.3, -0.25) is 4.79 Å². The summed E-state index contributed by atoms with van der Waals surface area (Å²) < 4.78 is 1.44. The molecule has 0 bridgehead atoms. The predicted octanol–water partition coefficient (Wildman–Crippen LogP) is -0.998. The summed E-state index contributed by atoms with van der Waals surface area (Å²) in [5, 5.41) is 11.4. The molecule has 2 N–H and O–H groups in total. The van der Waals surface area contributed by atoms with E-state index in [1.54, 1.807) is 19.3 Å². The number of aromatic nitrogens is 5. The minimum atomic E-state index is -0.142. The smallest absolute Gasteiger partial charge is 0.251 e. The number of anilines is 1. The maximum Gasteiger partial charge on any atom is 0.251 e. The molecular formula is C8H10N6O. The largest absolute Gasteiger partial charge is 0.398 e. The summed E-state index contributed by atoms with van der Waals surface area (Å²) in [6, 6.07) is 2.97. The third-order valence-corrected chi connectivity index (χ3v) is 1.87. The van der Waals surface area contributed by atoms with Gasteiger partial charge in [0.05, 0.1) is 13.6 Å². The monoisotopic (exact) mass is 206 g/mol. The van der Waals surface area contributed by atoms with Gasteiger partial charge < -0.3 is 10.3 Å². The second-order valence-electron chi connectivity index (χ2n) is 3.12. The molecule has 0 aliphatic heterocycles. The number of tetrazole rings is 1. The molecule has 2 rings (SSSR count). The first-order valence-electron chi connectivity index (χ1n) is 4.34. The lowest BCUT2D eigenvalue weighted by Gasteiger charge is -2.01. The molecule has 0 atom stereocenters. The lowest BCUT2D eigenvalue weighted by molar-refractivity contribution is 0.624. The summed E-state index contributed by atoms with van der Waals surface area (Å²) in [5.41, 5.74) is 5.95. The van der Waals surface area contributed by atoms with E-state index in [-0.39, 0.29) is 12.1 Å². The van der Waals surface area contributed by atoms with Crippen molar-refractivity contribution in [1.82, 2.24) is 24.8 Å². The summed E-state index contributed by atoms with van der Waals surface area (Å²) in [6.45, 7) is 0.276. The fourth-order valence-electron chi connectivity index (χ4n) is 1.21. The van der Waals surface area contributed by atoms with E-state index in [9.17, 15) is 4.79 Å². The Morgan fingerprint density at radius 1 is 1.47 bits per heavy atom. The second kappa shape index (κ2) is 3.52. The van der Waals surface area contributed by atoms with Crippen LogP contribution in [0.2, 0.25) is 0 Å². The van der Waals surface area contributed by atoms with Gasteiger partial charge in [-0.15, -0.1) is 10.2 Å². The van der Waals surface area contributed by atoms with Crippen molar-refractivity contribution in [2.24, 2.45) is 7.05 Å². The van der Waals surface area contributed by atoms with E-state index in [0.717, 1.165) is 0 Å². The van der Waals surface area contributed by atoms with Crippen molar-refractivity contribution in [2.45, 2.75) is 6.54 Å². The van der Waals surface area contributed by atoms with E-state index in [1.807, 2.05) is 0 Å². The number of pyridine rings is 1. The van der Waals surface area contributed by atoms with Gasteiger partial charge in [0.1, 0.15) is 0 Å². The Bertz CT molecular complexity index is 528. The summed E-state index contributed by atoms with van der Waals surface area (Å²) in [7, 11) is 1.67. The second-order valence-corrected chi connectivity index (χ2v) is 3.12. The van der Waals surface area contributed by atoms with E-state index in [1.165, 1.54) is 15.4 Å². The zero-order valence-electron chi connectivity index (χ0n) is 8.16. The van der Waals surface area contributed by atoms with Crippen LogP contribution >= 0.6 is 0 Å². The summed E-state index contributed by atoms with van der Waals surface area (Å²) in [6.07, 6.45) is 1.55. The Morgan fingerprint density at radius 3 is 2.93 bits per heavy atom. The molecule has 78 valence electrons. The molecular weight excluding hydrogens is 196 g/mol. The van der Waals surface area contributed by atoms with Crippen molar-refractivity contribution in [3.63, 3.8) is 0 Å². The fourth-order valence-corrected chi connectivity index (χ4v) is 1.21. The SMILES string of the molecule is Cn1nnc(Cn2cc(N)ccc2=O)n1. The normalized spacial score (nSPS) is 10.5. The van der Waals surface area contributed by atoms with Gasteiger partial charge in [-0.2, -0.15) is 4.80 Å². The zero-order valence-corrected chi connectivity index (χ0v) is 8.16.